The zero-order valence-corrected chi connectivity index (χ0v) is 12.3. The molecule has 2 aromatic rings. The summed E-state index contributed by atoms with van der Waals surface area (Å²) in [5.41, 5.74) is 6.01. The lowest BCUT2D eigenvalue weighted by molar-refractivity contribution is 0.0947. The molecular formula is C14H14BrN3O2. The number of para-hydroxylation sites is 1. The van der Waals surface area contributed by atoms with Crippen LogP contribution in [-0.2, 0) is 0 Å². The van der Waals surface area contributed by atoms with Gasteiger partial charge in [-0.3, -0.25) is 4.79 Å². The van der Waals surface area contributed by atoms with Crippen LogP contribution >= 0.6 is 15.9 Å². The van der Waals surface area contributed by atoms with Gasteiger partial charge in [-0.25, -0.2) is 4.98 Å². The lowest BCUT2D eigenvalue weighted by Gasteiger charge is -2.08. The maximum Gasteiger partial charge on any atom is 0.255 e. The van der Waals surface area contributed by atoms with Crippen molar-refractivity contribution in [3.8, 4) is 5.75 Å². The number of benzene rings is 1. The standard InChI is InChI=1S/C14H14BrN3O2/c15-10-8-12(13(16)18-9-10)14(19)17-6-7-20-11-4-2-1-3-5-11/h1-5,8-9H,6-7H2,(H2,16,18)(H,17,19). The first-order valence-electron chi connectivity index (χ1n) is 6.04. The predicted octanol–water partition coefficient (Wildman–Crippen LogP) is 2.24. The number of rotatable bonds is 5. The van der Waals surface area contributed by atoms with Crippen LogP contribution in [0.4, 0.5) is 5.82 Å². The zero-order valence-electron chi connectivity index (χ0n) is 10.7. The Morgan fingerprint density at radius 1 is 1.35 bits per heavy atom. The van der Waals surface area contributed by atoms with Crippen molar-refractivity contribution in [2.24, 2.45) is 0 Å². The highest BCUT2D eigenvalue weighted by Gasteiger charge is 2.10. The number of carbonyl (C=O) groups excluding carboxylic acids is 1. The Labute approximate surface area is 125 Å². The summed E-state index contributed by atoms with van der Waals surface area (Å²) in [7, 11) is 0. The molecule has 5 nitrogen and oxygen atoms in total. The second kappa shape index (κ2) is 6.91. The van der Waals surface area contributed by atoms with E-state index in [1.165, 1.54) is 0 Å². The Kier molecular flexibility index (Phi) is 4.95. The first-order valence-corrected chi connectivity index (χ1v) is 6.83. The molecule has 104 valence electrons. The van der Waals surface area contributed by atoms with Crippen LogP contribution in [0.5, 0.6) is 5.75 Å². The van der Waals surface area contributed by atoms with E-state index in [4.69, 9.17) is 10.5 Å². The van der Waals surface area contributed by atoms with E-state index in [0.29, 0.717) is 23.2 Å². The maximum atomic E-state index is 11.9. The van der Waals surface area contributed by atoms with Crippen LogP contribution in [0.25, 0.3) is 0 Å². The van der Waals surface area contributed by atoms with Crippen molar-refractivity contribution in [2.75, 3.05) is 18.9 Å². The highest BCUT2D eigenvalue weighted by atomic mass is 79.9. The van der Waals surface area contributed by atoms with Gasteiger partial charge < -0.3 is 15.8 Å². The molecule has 1 heterocycles. The number of halogens is 1. The summed E-state index contributed by atoms with van der Waals surface area (Å²) in [5.74, 6) is 0.702. The molecule has 0 radical (unpaired) electrons. The van der Waals surface area contributed by atoms with Crippen molar-refractivity contribution in [1.82, 2.24) is 10.3 Å². The second-order valence-corrected chi connectivity index (χ2v) is 4.92. The van der Waals surface area contributed by atoms with Gasteiger partial charge in [-0.1, -0.05) is 18.2 Å². The Bertz CT molecular complexity index is 590. The van der Waals surface area contributed by atoms with Crippen LogP contribution in [-0.4, -0.2) is 24.0 Å². The molecule has 2 rings (SSSR count). The number of nitrogens with two attached hydrogens (primary N) is 1. The molecule has 0 saturated carbocycles. The summed E-state index contributed by atoms with van der Waals surface area (Å²) in [6.07, 6.45) is 1.55. The largest absolute Gasteiger partial charge is 0.492 e. The topological polar surface area (TPSA) is 77.2 Å². The Balaban J connectivity index is 1.82. The van der Waals surface area contributed by atoms with Crippen LogP contribution < -0.4 is 15.8 Å². The van der Waals surface area contributed by atoms with E-state index in [9.17, 15) is 4.79 Å². The van der Waals surface area contributed by atoms with Gasteiger partial charge in [0.15, 0.2) is 0 Å². The summed E-state index contributed by atoms with van der Waals surface area (Å²) < 4.78 is 6.18. The number of anilines is 1. The number of amides is 1. The number of nitrogen functional groups attached to an aromatic ring is 1. The van der Waals surface area contributed by atoms with E-state index in [0.717, 1.165) is 5.75 Å². The van der Waals surface area contributed by atoms with Crippen LogP contribution in [0.2, 0.25) is 0 Å². The van der Waals surface area contributed by atoms with Gasteiger partial charge in [0.1, 0.15) is 18.2 Å². The highest BCUT2D eigenvalue weighted by Crippen LogP contribution is 2.15. The highest BCUT2D eigenvalue weighted by molar-refractivity contribution is 9.10. The maximum absolute atomic E-state index is 11.9. The van der Waals surface area contributed by atoms with Crippen LogP contribution in [0.15, 0.2) is 47.1 Å². The number of nitrogens with zero attached hydrogens (tertiary/aromatic N) is 1. The molecule has 6 heteroatoms. The third kappa shape index (κ3) is 3.96. The van der Waals surface area contributed by atoms with E-state index in [2.05, 4.69) is 26.2 Å². The van der Waals surface area contributed by atoms with Gasteiger partial charge in [-0.2, -0.15) is 0 Å². The molecule has 0 bridgehead atoms. The summed E-state index contributed by atoms with van der Waals surface area (Å²) in [6, 6.07) is 11.0. The molecule has 0 aliphatic heterocycles. The predicted molar refractivity (Wildman–Crippen MR) is 80.6 cm³/mol. The molecule has 0 aliphatic carbocycles. The Morgan fingerprint density at radius 2 is 2.10 bits per heavy atom. The zero-order chi connectivity index (χ0) is 14.4. The summed E-state index contributed by atoms with van der Waals surface area (Å²) in [6.45, 7) is 0.775. The van der Waals surface area contributed by atoms with Gasteiger partial charge in [0.2, 0.25) is 0 Å². The van der Waals surface area contributed by atoms with E-state index >= 15 is 0 Å². The number of ether oxygens (including phenoxy) is 1. The normalized spacial score (nSPS) is 10.1. The lowest BCUT2D eigenvalue weighted by atomic mass is 10.2. The van der Waals surface area contributed by atoms with Crippen LogP contribution in [0.1, 0.15) is 10.4 Å². The average molecular weight is 336 g/mol. The number of aromatic nitrogens is 1. The molecule has 0 spiro atoms. The summed E-state index contributed by atoms with van der Waals surface area (Å²) in [4.78, 5) is 15.8. The van der Waals surface area contributed by atoms with Gasteiger partial charge in [-0.15, -0.1) is 0 Å². The molecule has 1 aromatic heterocycles. The second-order valence-electron chi connectivity index (χ2n) is 4.00. The van der Waals surface area contributed by atoms with Crippen LogP contribution in [0, 0.1) is 0 Å². The van der Waals surface area contributed by atoms with Crippen molar-refractivity contribution in [2.45, 2.75) is 0 Å². The minimum absolute atomic E-state index is 0.203. The average Bonchev–Trinajstić information content (AvgIpc) is 2.47. The number of nitrogens with one attached hydrogen (secondary N) is 1. The van der Waals surface area contributed by atoms with Crippen molar-refractivity contribution < 1.29 is 9.53 Å². The third-order valence-corrected chi connectivity index (χ3v) is 2.96. The molecule has 1 amide bonds. The van der Waals surface area contributed by atoms with E-state index < -0.39 is 0 Å². The SMILES string of the molecule is Nc1ncc(Br)cc1C(=O)NCCOc1ccccc1. The van der Waals surface area contributed by atoms with E-state index in [-0.39, 0.29) is 11.7 Å². The van der Waals surface area contributed by atoms with Crippen LogP contribution in [0.3, 0.4) is 0 Å². The van der Waals surface area contributed by atoms with Crippen molar-refractivity contribution in [3.63, 3.8) is 0 Å². The molecular weight excluding hydrogens is 322 g/mol. The van der Waals surface area contributed by atoms with E-state index in [1.807, 2.05) is 30.3 Å². The number of hydrogen-bond acceptors (Lipinski definition) is 4. The smallest absolute Gasteiger partial charge is 0.255 e. The fourth-order valence-corrected chi connectivity index (χ4v) is 1.91. The fourth-order valence-electron chi connectivity index (χ4n) is 1.58. The number of pyridine rings is 1. The third-order valence-electron chi connectivity index (χ3n) is 2.53. The Hall–Kier alpha value is -2.08. The van der Waals surface area contributed by atoms with Crippen molar-refractivity contribution in [1.29, 1.82) is 0 Å². The molecule has 1 aromatic carbocycles. The fraction of sp³-hybridized carbons (Fsp3) is 0.143. The Morgan fingerprint density at radius 3 is 2.85 bits per heavy atom. The molecule has 0 atom stereocenters. The molecule has 0 aliphatic rings. The number of carbonyl (C=O) groups is 1. The molecule has 0 unspecified atom stereocenters. The number of hydrogen-bond donors (Lipinski definition) is 2. The lowest BCUT2D eigenvalue weighted by Crippen LogP contribution is -2.29. The minimum atomic E-state index is -0.270. The molecule has 0 saturated heterocycles. The monoisotopic (exact) mass is 335 g/mol. The molecule has 20 heavy (non-hydrogen) atoms. The quantitative estimate of drug-likeness (QED) is 0.821. The van der Waals surface area contributed by atoms with E-state index in [1.54, 1.807) is 12.3 Å². The first-order chi connectivity index (χ1) is 9.66. The first kappa shape index (κ1) is 14.3. The van der Waals surface area contributed by atoms with Gasteiger partial charge in [0, 0.05) is 10.7 Å². The van der Waals surface area contributed by atoms with Gasteiger partial charge in [-0.05, 0) is 34.1 Å². The van der Waals surface area contributed by atoms with Gasteiger partial charge in [0.05, 0.1) is 12.1 Å². The van der Waals surface area contributed by atoms with Crippen molar-refractivity contribution >= 4 is 27.7 Å². The van der Waals surface area contributed by atoms with Gasteiger partial charge in [0.25, 0.3) is 5.91 Å². The van der Waals surface area contributed by atoms with Crippen molar-refractivity contribution in [3.05, 3.63) is 52.6 Å². The molecule has 0 fully saturated rings. The van der Waals surface area contributed by atoms with Gasteiger partial charge >= 0.3 is 0 Å². The summed E-state index contributed by atoms with van der Waals surface area (Å²) in [5, 5.41) is 2.73. The molecule has 3 N–H and O–H groups in total. The summed E-state index contributed by atoms with van der Waals surface area (Å²) >= 11 is 3.25. The minimum Gasteiger partial charge on any atom is -0.492 e.